The Bertz CT molecular complexity index is 962. The van der Waals surface area contributed by atoms with Gasteiger partial charge in [-0.3, -0.25) is 9.59 Å². The lowest BCUT2D eigenvalue weighted by Crippen LogP contribution is -2.35. The van der Waals surface area contributed by atoms with Crippen LogP contribution in [0.4, 0.5) is 11.4 Å². The third kappa shape index (κ3) is 2.93. The predicted molar refractivity (Wildman–Crippen MR) is 99.1 cm³/mol. The number of amides is 2. The zero-order chi connectivity index (χ0) is 18.1. The second kappa shape index (κ2) is 6.40. The molecular formula is C20H17N3O3. The molecule has 0 radical (unpaired) electrons. The maximum Gasteiger partial charge on any atom is 0.264 e. The first-order valence-electron chi connectivity index (χ1n) is 8.20. The zero-order valence-corrected chi connectivity index (χ0v) is 14.2. The van der Waals surface area contributed by atoms with Crippen molar-refractivity contribution in [2.45, 2.75) is 0 Å². The highest BCUT2D eigenvalue weighted by molar-refractivity contribution is 6.05. The van der Waals surface area contributed by atoms with Crippen LogP contribution in [0.1, 0.15) is 10.4 Å². The second-order valence-electron chi connectivity index (χ2n) is 6.02. The summed E-state index contributed by atoms with van der Waals surface area (Å²) in [6, 6.07) is 16.5. The smallest absolute Gasteiger partial charge is 0.264 e. The van der Waals surface area contributed by atoms with E-state index in [0.29, 0.717) is 22.7 Å². The summed E-state index contributed by atoms with van der Waals surface area (Å²) in [5, 5.41) is 2.86. The number of likely N-dealkylation sites (N-methyl/N-ethyl adjacent to an activating group) is 1. The van der Waals surface area contributed by atoms with Crippen LogP contribution in [0.5, 0.6) is 5.75 Å². The molecule has 4 rings (SSSR count). The van der Waals surface area contributed by atoms with Crippen molar-refractivity contribution in [2.24, 2.45) is 0 Å². The van der Waals surface area contributed by atoms with Crippen molar-refractivity contribution in [2.75, 3.05) is 23.9 Å². The Morgan fingerprint density at radius 2 is 1.81 bits per heavy atom. The van der Waals surface area contributed by atoms with Crippen LogP contribution in [0.25, 0.3) is 5.69 Å². The molecule has 0 fully saturated rings. The summed E-state index contributed by atoms with van der Waals surface area (Å²) in [6.45, 7) is 0.0307. The molecule has 0 unspecified atom stereocenters. The Labute approximate surface area is 150 Å². The minimum atomic E-state index is -0.213. The third-order valence-electron chi connectivity index (χ3n) is 4.34. The van der Waals surface area contributed by atoms with Crippen molar-refractivity contribution < 1.29 is 14.3 Å². The minimum Gasteiger partial charge on any atom is -0.482 e. The van der Waals surface area contributed by atoms with E-state index in [1.54, 1.807) is 37.4 Å². The van der Waals surface area contributed by atoms with E-state index in [1.165, 1.54) is 4.90 Å². The van der Waals surface area contributed by atoms with Gasteiger partial charge in [0.25, 0.3) is 11.8 Å². The van der Waals surface area contributed by atoms with Gasteiger partial charge in [-0.25, -0.2) is 0 Å². The third-order valence-corrected chi connectivity index (χ3v) is 4.34. The molecule has 2 heterocycles. The van der Waals surface area contributed by atoms with Crippen LogP contribution in [-0.2, 0) is 4.79 Å². The molecule has 2 aromatic carbocycles. The molecular weight excluding hydrogens is 330 g/mol. The van der Waals surface area contributed by atoms with Gasteiger partial charge in [-0.1, -0.05) is 0 Å². The van der Waals surface area contributed by atoms with Crippen molar-refractivity contribution in [3.63, 3.8) is 0 Å². The van der Waals surface area contributed by atoms with Crippen molar-refractivity contribution in [1.29, 1.82) is 0 Å². The standard InChI is InChI=1S/C20H17N3O3/c1-22-17-12-15(6-9-18(17)26-13-19(22)24)21-20(25)14-4-7-16(8-5-14)23-10-2-3-11-23/h2-12H,13H2,1H3,(H,21,25). The van der Waals surface area contributed by atoms with Gasteiger partial charge in [0.1, 0.15) is 5.75 Å². The fourth-order valence-corrected chi connectivity index (χ4v) is 2.84. The lowest BCUT2D eigenvalue weighted by Gasteiger charge is -2.26. The van der Waals surface area contributed by atoms with Gasteiger partial charge in [-0.2, -0.15) is 0 Å². The first kappa shape index (κ1) is 16.0. The van der Waals surface area contributed by atoms with E-state index in [9.17, 15) is 9.59 Å². The van der Waals surface area contributed by atoms with Gasteiger partial charge in [-0.05, 0) is 54.6 Å². The van der Waals surface area contributed by atoms with Gasteiger partial charge in [0.2, 0.25) is 0 Å². The van der Waals surface area contributed by atoms with Crippen LogP contribution in [0.3, 0.4) is 0 Å². The molecule has 1 aliphatic rings. The second-order valence-corrected chi connectivity index (χ2v) is 6.02. The van der Waals surface area contributed by atoms with Gasteiger partial charge >= 0.3 is 0 Å². The minimum absolute atomic E-state index is 0.0307. The fraction of sp³-hybridized carbons (Fsp3) is 0.100. The lowest BCUT2D eigenvalue weighted by atomic mass is 10.1. The quantitative estimate of drug-likeness (QED) is 0.792. The number of fused-ring (bicyclic) bond motifs is 1. The average Bonchev–Trinajstić information content (AvgIpc) is 3.20. The van der Waals surface area contributed by atoms with Crippen molar-refractivity contribution >= 4 is 23.2 Å². The number of benzene rings is 2. The number of anilines is 2. The molecule has 26 heavy (non-hydrogen) atoms. The van der Waals surface area contributed by atoms with Crippen LogP contribution in [0.2, 0.25) is 0 Å². The van der Waals surface area contributed by atoms with Crippen LogP contribution in [0.15, 0.2) is 67.0 Å². The average molecular weight is 347 g/mol. The van der Waals surface area contributed by atoms with E-state index in [-0.39, 0.29) is 18.4 Å². The molecule has 0 saturated heterocycles. The number of aromatic nitrogens is 1. The fourth-order valence-electron chi connectivity index (χ4n) is 2.84. The number of hydrogen-bond donors (Lipinski definition) is 1. The molecule has 0 bridgehead atoms. The maximum atomic E-state index is 12.5. The summed E-state index contributed by atoms with van der Waals surface area (Å²) >= 11 is 0. The Hall–Kier alpha value is -3.54. The normalized spacial score (nSPS) is 13.1. The van der Waals surface area contributed by atoms with Crippen molar-refractivity contribution in [3.8, 4) is 11.4 Å². The molecule has 6 heteroatoms. The van der Waals surface area contributed by atoms with E-state index in [2.05, 4.69) is 5.32 Å². The van der Waals surface area contributed by atoms with Gasteiger partial charge in [-0.15, -0.1) is 0 Å². The van der Waals surface area contributed by atoms with Crippen LogP contribution >= 0.6 is 0 Å². The van der Waals surface area contributed by atoms with Gasteiger partial charge < -0.3 is 19.5 Å². The highest BCUT2D eigenvalue weighted by atomic mass is 16.5. The molecule has 0 atom stereocenters. The van der Waals surface area contributed by atoms with Crippen LogP contribution in [0, 0.1) is 0 Å². The molecule has 1 aliphatic heterocycles. The predicted octanol–water partition coefficient (Wildman–Crippen LogP) is 3.08. The summed E-state index contributed by atoms with van der Waals surface area (Å²) in [6.07, 6.45) is 3.89. The van der Waals surface area contributed by atoms with E-state index in [4.69, 9.17) is 4.74 Å². The number of nitrogens with zero attached hydrogens (tertiary/aromatic N) is 2. The number of carbonyl (C=O) groups is 2. The number of carbonyl (C=O) groups excluding carboxylic acids is 2. The van der Waals surface area contributed by atoms with E-state index in [1.807, 2.05) is 41.2 Å². The maximum absolute atomic E-state index is 12.5. The lowest BCUT2D eigenvalue weighted by molar-refractivity contribution is -0.120. The SMILES string of the molecule is CN1C(=O)COc2ccc(NC(=O)c3ccc(-n4cccc4)cc3)cc21. The van der Waals surface area contributed by atoms with E-state index >= 15 is 0 Å². The van der Waals surface area contributed by atoms with Crippen LogP contribution < -0.4 is 15.0 Å². The number of nitrogens with one attached hydrogen (secondary N) is 1. The Balaban J connectivity index is 1.52. The summed E-state index contributed by atoms with van der Waals surface area (Å²) in [7, 11) is 1.69. The Morgan fingerprint density at radius 1 is 1.08 bits per heavy atom. The molecule has 1 N–H and O–H groups in total. The summed E-state index contributed by atoms with van der Waals surface area (Å²) < 4.78 is 7.36. The van der Waals surface area contributed by atoms with Crippen molar-refractivity contribution in [3.05, 3.63) is 72.6 Å². The highest BCUT2D eigenvalue weighted by Crippen LogP contribution is 2.33. The number of rotatable bonds is 3. The first-order chi connectivity index (χ1) is 12.6. The van der Waals surface area contributed by atoms with Gasteiger partial charge in [0.15, 0.2) is 6.61 Å². The summed E-state index contributed by atoms with van der Waals surface area (Å²) in [5.74, 6) is 0.289. The first-order valence-corrected chi connectivity index (χ1v) is 8.20. The summed E-state index contributed by atoms with van der Waals surface area (Å²) in [5.41, 5.74) is 2.78. The molecule has 0 aliphatic carbocycles. The molecule has 0 saturated carbocycles. The molecule has 2 amide bonds. The summed E-state index contributed by atoms with van der Waals surface area (Å²) in [4.78, 5) is 25.8. The van der Waals surface area contributed by atoms with E-state index < -0.39 is 0 Å². The van der Waals surface area contributed by atoms with E-state index in [0.717, 1.165) is 5.69 Å². The molecule has 3 aromatic rings. The molecule has 0 spiro atoms. The molecule has 130 valence electrons. The molecule has 6 nitrogen and oxygen atoms in total. The largest absolute Gasteiger partial charge is 0.482 e. The number of ether oxygens (including phenoxy) is 1. The monoisotopic (exact) mass is 347 g/mol. The molecule has 1 aromatic heterocycles. The zero-order valence-electron chi connectivity index (χ0n) is 14.2. The van der Waals surface area contributed by atoms with Crippen molar-refractivity contribution in [1.82, 2.24) is 4.57 Å². The Morgan fingerprint density at radius 3 is 2.54 bits per heavy atom. The Kier molecular flexibility index (Phi) is 3.93. The highest BCUT2D eigenvalue weighted by Gasteiger charge is 2.22. The number of hydrogen-bond acceptors (Lipinski definition) is 3. The van der Waals surface area contributed by atoms with Gasteiger partial charge in [0, 0.05) is 36.4 Å². The van der Waals surface area contributed by atoms with Crippen LogP contribution in [-0.4, -0.2) is 30.0 Å². The van der Waals surface area contributed by atoms with Gasteiger partial charge in [0.05, 0.1) is 5.69 Å². The topological polar surface area (TPSA) is 63.6 Å².